The predicted molar refractivity (Wildman–Crippen MR) is 71.5 cm³/mol. The summed E-state index contributed by atoms with van der Waals surface area (Å²) in [6.45, 7) is 7.90. The molecule has 5 heteroatoms. The van der Waals surface area contributed by atoms with Crippen LogP contribution in [-0.2, 0) is 19.1 Å². The lowest BCUT2D eigenvalue weighted by atomic mass is 9.58. The van der Waals surface area contributed by atoms with Crippen LogP contribution in [-0.4, -0.2) is 50.2 Å². The summed E-state index contributed by atoms with van der Waals surface area (Å²) in [4.78, 5) is 26.1. The van der Waals surface area contributed by atoms with Gasteiger partial charge in [0.15, 0.2) is 0 Å². The summed E-state index contributed by atoms with van der Waals surface area (Å²) in [5, 5.41) is 0. The quantitative estimate of drug-likeness (QED) is 0.682. The Balaban J connectivity index is 3.00. The molecule has 0 aromatic rings. The van der Waals surface area contributed by atoms with E-state index in [4.69, 9.17) is 9.47 Å². The van der Waals surface area contributed by atoms with E-state index in [1.54, 1.807) is 0 Å². The number of hydrogen-bond donors (Lipinski definition) is 0. The van der Waals surface area contributed by atoms with Crippen LogP contribution in [0.4, 0.5) is 0 Å². The van der Waals surface area contributed by atoms with Gasteiger partial charge in [-0.2, -0.15) is 0 Å². The number of ether oxygens (including phenoxy) is 2. The van der Waals surface area contributed by atoms with Gasteiger partial charge in [0.1, 0.15) is 0 Å². The van der Waals surface area contributed by atoms with Crippen LogP contribution in [0.25, 0.3) is 0 Å². The van der Waals surface area contributed by atoms with Gasteiger partial charge in [-0.3, -0.25) is 14.5 Å². The molecule has 1 fully saturated rings. The van der Waals surface area contributed by atoms with E-state index in [2.05, 4.69) is 18.7 Å². The van der Waals surface area contributed by atoms with Gasteiger partial charge in [0.05, 0.1) is 26.1 Å². The average molecular weight is 271 g/mol. The molecule has 110 valence electrons. The summed E-state index contributed by atoms with van der Waals surface area (Å²) in [5.74, 6) is -1.21. The molecular formula is C14H25NO4. The lowest BCUT2D eigenvalue weighted by molar-refractivity contribution is -0.181. The van der Waals surface area contributed by atoms with Crippen molar-refractivity contribution in [1.82, 2.24) is 4.90 Å². The van der Waals surface area contributed by atoms with Crippen molar-refractivity contribution in [1.29, 1.82) is 0 Å². The number of hydrogen-bond acceptors (Lipinski definition) is 5. The molecule has 19 heavy (non-hydrogen) atoms. The van der Waals surface area contributed by atoms with E-state index in [1.165, 1.54) is 14.2 Å². The second-order valence-corrected chi connectivity index (χ2v) is 4.88. The molecule has 0 unspecified atom stereocenters. The van der Waals surface area contributed by atoms with Gasteiger partial charge >= 0.3 is 11.9 Å². The first-order chi connectivity index (χ1) is 9.06. The van der Waals surface area contributed by atoms with Crippen molar-refractivity contribution >= 4 is 11.9 Å². The fourth-order valence-electron chi connectivity index (χ4n) is 3.33. The number of nitrogens with zero attached hydrogens (tertiary/aromatic N) is 1. The highest BCUT2D eigenvalue weighted by atomic mass is 16.5. The number of carbonyl (C=O) groups excluding carboxylic acids is 2. The van der Waals surface area contributed by atoms with Crippen LogP contribution in [0, 0.1) is 17.8 Å². The molecule has 0 aromatic heterocycles. The SMILES string of the molecule is CC[C@@H]1[C@H](C(=O)OC)[C@@H](C(=O)OC)[C@@H]1N(CC)CC. The Bertz CT molecular complexity index is 327. The molecule has 0 aliphatic heterocycles. The van der Waals surface area contributed by atoms with E-state index in [-0.39, 0.29) is 29.8 Å². The van der Waals surface area contributed by atoms with Gasteiger partial charge in [0.25, 0.3) is 0 Å². The number of methoxy groups -OCH3 is 2. The Hall–Kier alpha value is -1.10. The zero-order valence-electron chi connectivity index (χ0n) is 12.5. The molecule has 0 saturated heterocycles. The van der Waals surface area contributed by atoms with Crippen molar-refractivity contribution in [2.75, 3.05) is 27.3 Å². The summed E-state index contributed by atoms with van der Waals surface area (Å²) in [5.41, 5.74) is 0. The standard InChI is InChI=1S/C14H25NO4/c1-6-9-10(13(16)18-4)11(14(17)19-5)12(9)15(7-2)8-3/h9-12H,6-8H2,1-5H3/t9-,10+,11-,12-/m1/s1. The molecule has 0 radical (unpaired) electrons. The molecule has 0 spiro atoms. The minimum atomic E-state index is -0.401. The van der Waals surface area contributed by atoms with E-state index in [0.29, 0.717) is 0 Å². The van der Waals surface area contributed by atoms with E-state index in [0.717, 1.165) is 19.5 Å². The fraction of sp³-hybridized carbons (Fsp3) is 0.857. The molecule has 0 amide bonds. The highest BCUT2D eigenvalue weighted by Gasteiger charge is 2.59. The van der Waals surface area contributed by atoms with Crippen molar-refractivity contribution in [2.45, 2.75) is 33.2 Å². The van der Waals surface area contributed by atoms with Gasteiger partial charge in [-0.1, -0.05) is 27.2 Å². The summed E-state index contributed by atoms with van der Waals surface area (Å²) in [6, 6.07) is 0.0801. The van der Waals surface area contributed by atoms with Gasteiger partial charge in [-0.25, -0.2) is 0 Å². The van der Waals surface area contributed by atoms with Crippen LogP contribution in [0.2, 0.25) is 0 Å². The lowest BCUT2D eigenvalue weighted by Gasteiger charge is -2.53. The topological polar surface area (TPSA) is 55.8 Å². The van der Waals surface area contributed by atoms with Gasteiger partial charge in [0, 0.05) is 6.04 Å². The summed E-state index contributed by atoms with van der Waals surface area (Å²) in [6.07, 6.45) is 0.856. The third-order valence-corrected chi connectivity index (χ3v) is 4.31. The molecular weight excluding hydrogens is 246 g/mol. The zero-order chi connectivity index (χ0) is 14.6. The summed E-state index contributed by atoms with van der Waals surface area (Å²) < 4.78 is 9.71. The van der Waals surface area contributed by atoms with E-state index in [1.807, 2.05) is 6.92 Å². The third kappa shape index (κ3) is 2.76. The molecule has 1 saturated carbocycles. The zero-order valence-corrected chi connectivity index (χ0v) is 12.5. The van der Waals surface area contributed by atoms with Crippen molar-refractivity contribution in [3.63, 3.8) is 0 Å². The molecule has 1 aliphatic carbocycles. The lowest BCUT2D eigenvalue weighted by Crippen LogP contribution is -2.64. The van der Waals surface area contributed by atoms with E-state index in [9.17, 15) is 9.59 Å². The van der Waals surface area contributed by atoms with Crippen molar-refractivity contribution in [3.05, 3.63) is 0 Å². The van der Waals surface area contributed by atoms with Crippen molar-refractivity contribution in [3.8, 4) is 0 Å². The first-order valence-electron chi connectivity index (χ1n) is 6.96. The van der Waals surface area contributed by atoms with Gasteiger partial charge in [-0.15, -0.1) is 0 Å². The Kier molecular flexibility index (Phi) is 5.79. The highest BCUT2D eigenvalue weighted by molar-refractivity contribution is 5.85. The van der Waals surface area contributed by atoms with E-state index < -0.39 is 5.92 Å². The average Bonchev–Trinajstić information content (AvgIpc) is 2.42. The molecule has 1 rings (SSSR count). The van der Waals surface area contributed by atoms with Crippen molar-refractivity contribution in [2.24, 2.45) is 17.8 Å². The molecule has 0 heterocycles. The van der Waals surface area contributed by atoms with E-state index >= 15 is 0 Å². The van der Waals surface area contributed by atoms with Gasteiger partial charge in [0.2, 0.25) is 0 Å². The van der Waals surface area contributed by atoms with Crippen LogP contribution in [0.1, 0.15) is 27.2 Å². The Morgan fingerprint density at radius 3 is 1.79 bits per heavy atom. The molecule has 0 aromatic carbocycles. The second-order valence-electron chi connectivity index (χ2n) is 4.88. The van der Waals surface area contributed by atoms with Crippen LogP contribution < -0.4 is 0 Å². The first kappa shape index (κ1) is 16.0. The minimum absolute atomic E-state index is 0.0801. The second kappa shape index (κ2) is 6.89. The molecule has 0 bridgehead atoms. The van der Waals surface area contributed by atoms with Crippen LogP contribution in [0.3, 0.4) is 0 Å². The Morgan fingerprint density at radius 2 is 1.42 bits per heavy atom. The van der Waals surface area contributed by atoms with Gasteiger partial charge < -0.3 is 9.47 Å². The first-order valence-corrected chi connectivity index (χ1v) is 6.96. The maximum absolute atomic E-state index is 12.0. The summed E-state index contributed by atoms with van der Waals surface area (Å²) >= 11 is 0. The smallest absolute Gasteiger partial charge is 0.311 e. The van der Waals surface area contributed by atoms with Crippen LogP contribution >= 0.6 is 0 Å². The van der Waals surface area contributed by atoms with Crippen LogP contribution in [0.5, 0.6) is 0 Å². The third-order valence-electron chi connectivity index (χ3n) is 4.31. The number of carbonyl (C=O) groups is 2. The number of esters is 2. The molecule has 4 atom stereocenters. The maximum Gasteiger partial charge on any atom is 0.311 e. The Labute approximate surface area is 115 Å². The van der Waals surface area contributed by atoms with Crippen molar-refractivity contribution < 1.29 is 19.1 Å². The highest BCUT2D eigenvalue weighted by Crippen LogP contribution is 2.47. The predicted octanol–water partition coefficient (Wildman–Crippen LogP) is 1.31. The molecule has 1 aliphatic rings. The molecule has 5 nitrogen and oxygen atoms in total. The Morgan fingerprint density at radius 1 is 0.947 bits per heavy atom. The summed E-state index contributed by atoms with van der Waals surface area (Å²) in [7, 11) is 2.74. The maximum atomic E-state index is 12.0. The minimum Gasteiger partial charge on any atom is -0.469 e. The van der Waals surface area contributed by atoms with Gasteiger partial charge in [-0.05, 0) is 19.0 Å². The largest absolute Gasteiger partial charge is 0.469 e. The number of rotatable bonds is 6. The molecule has 0 N–H and O–H groups in total. The monoisotopic (exact) mass is 271 g/mol. The normalized spacial score (nSPS) is 29.8. The fourth-order valence-corrected chi connectivity index (χ4v) is 3.33. The van der Waals surface area contributed by atoms with Crippen LogP contribution in [0.15, 0.2) is 0 Å².